The molecule has 6 nitrogen and oxygen atoms in total. The maximum Gasteiger partial charge on any atom is 0.320 e. The molecule has 0 unspecified atom stereocenters. The van der Waals surface area contributed by atoms with Crippen molar-refractivity contribution in [3.63, 3.8) is 0 Å². The zero-order chi connectivity index (χ0) is 19.8. The normalized spacial score (nSPS) is 11.4. The molecule has 0 saturated carbocycles. The van der Waals surface area contributed by atoms with Crippen molar-refractivity contribution in [3.05, 3.63) is 90.1 Å². The Balaban J connectivity index is 1.61. The third-order valence-corrected chi connectivity index (χ3v) is 4.92. The Morgan fingerprint density at radius 1 is 1.00 bits per heavy atom. The number of rotatable bonds is 7. The van der Waals surface area contributed by atoms with Crippen LogP contribution in [-0.2, 0) is 10.5 Å². The number of benzene rings is 2. The smallest absolute Gasteiger partial charge is 0.320 e. The molecule has 4 N–H and O–H groups in total. The van der Waals surface area contributed by atoms with Crippen LogP contribution in [0.25, 0.3) is 0 Å². The largest absolute Gasteiger partial charge is 0.368 e. The molecule has 3 aromatic rings. The summed E-state index contributed by atoms with van der Waals surface area (Å²) in [5, 5.41) is 6.31. The lowest BCUT2D eigenvalue weighted by Crippen LogP contribution is -2.39. The minimum Gasteiger partial charge on any atom is -0.368 e. The Labute approximate surface area is 167 Å². The van der Waals surface area contributed by atoms with E-state index in [1.807, 2.05) is 42.5 Å². The first-order valence-electron chi connectivity index (χ1n) is 8.66. The summed E-state index contributed by atoms with van der Waals surface area (Å²) in [4.78, 5) is 28.4. The number of carbonyl (C=O) groups excluding carboxylic acids is 2. The Kier molecular flexibility index (Phi) is 6.64. The van der Waals surface area contributed by atoms with Crippen LogP contribution in [0.4, 0.5) is 10.5 Å². The number of pyridine rings is 1. The molecule has 28 heavy (non-hydrogen) atoms. The van der Waals surface area contributed by atoms with Gasteiger partial charge in [-0.1, -0.05) is 48.5 Å². The molecule has 1 atom stereocenters. The second-order valence-electron chi connectivity index (χ2n) is 6.00. The number of carbonyl (C=O) groups is 2. The molecule has 2 aromatic carbocycles. The van der Waals surface area contributed by atoms with Crippen LogP contribution in [0.15, 0.2) is 84.0 Å². The van der Waals surface area contributed by atoms with Gasteiger partial charge in [-0.25, -0.2) is 9.78 Å². The molecular formula is C21H20N4O2S. The number of aromatic nitrogens is 1. The van der Waals surface area contributed by atoms with Gasteiger partial charge in [-0.3, -0.25) is 4.79 Å². The molecule has 0 aliphatic carbocycles. The SMILES string of the molecule is NC(=O)[C@H](NC(=O)Nc1cccc(CSc2ccccn2)c1)c1ccccc1. The Morgan fingerprint density at radius 3 is 2.50 bits per heavy atom. The maximum absolute atomic E-state index is 12.3. The molecule has 0 saturated heterocycles. The summed E-state index contributed by atoms with van der Waals surface area (Å²) in [7, 11) is 0. The van der Waals surface area contributed by atoms with Gasteiger partial charge in [-0.15, -0.1) is 11.8 Å². The summed E-state index contributed by atoms with van der Waals surface area (Å²) in [5.74, 6) is 0.101. The monoisotopic (exact) mass is 392 g/mol. The fourth-order valence-corrected chi connectivity index (χ4v) is 3.40. The second kappa shape index (κ2) is 9.57. The number of thioether (sulfide) groups is 1. The Hall–Kier alpha value is -3.32. The molecule has 0 bridgehead atoms. The molecule has 0 aliphatic heterocycles. The summed E-state index contributed by atoms with van der Waals surface area (Å²) in [6, 6.07) is 20.8. The highest BCUT2D eigenvalue weighted by atomic mass is 32.2. The summed E-state index contributed by atoms with van der Waals surface area (Å²) >= 11 is 1.61. The van der Waals surface area contributed by atoms with Crippen molar-refractivity contribution in [2.24, 2.45) is 5.73 Å². The molecule has 3 rings (SSSR count). The number of amides is 3. The molecule has 7 heteroatoms. The molecule has 1 heterocycles. The van der Waals surface area contributed by atoms with Gasteiger partial charge in [-0.2, -0.15) is 0 Å². The molecule has 0 fully saturated rings. The lowest BCUT2D eigenvalue weighted by molar-refractivity contribution is -0.119. The van der Waals surface area contributed by atoms with E-state index in [1.54, 1.807) is 48.3 Å². The van der Waals surface area contributed by atoms with Gasteiger partial charge in [0.1, 0.15) is 6.04 Å². The molecule has 0 aliphatic rings. The zero-order valence-corrected chi connectivity index (χ0v) is 15.9. The first-order valence-corrected chi connectivity index (χ1v) is 9.65. The fourth-order valence-electron chi connectivity index (χ4n) is 2.59. The van der Waals surface area contributed by atoms with Gasteiger partial charge in [0.15, 0.2) is 0 Å². The average molecular weight is 392 g/mol. The molecule has 0 radical (unpaired) electrons. The van der Waals surface area contributed by atoms with Crippen molar-refractivity contribution >= 4 is 29.4 Å². The van der Waals surface area contributed by atoms with E-state index in [-0.39, 0.29) is 0 Å². The number of hydrogen-bond donors (Lipinski definition) is 3. The zero-order valence-electron chi connectivity index (χ0n) is 15.0. The number of urea groups is 1. The lowest BCUT2D eigenvalue weighted by atomic mass is 10.1. The van der Waals surface area contributed by atoms with Crippen molar-refractivity contribution in [3.8, 4) is 0 Å². The standard InChI is InChI=1S/C21H20N4O2S/c22-20(26)19(16-8-2-1-3-9-16)25-21(27)24-17-10-6-7-15(13-17)14-28-18-11-4-5-12-23-18/h1-13,19H,14H2,(H2,22,26)(H2,24,25,27)/t19-/m1/s1. The van der Waals surface area contributed by atoms with Crippen LogP contribution in [0.3, 0.4) is 0 Å². The van der Waals surface area contributed by atoms with Gasteiger partial charge in [0.05, 0.1) is 5.03 Å². The minimum absolute atomic E-state index is 0.498. The van der Waals surface area contributed by atoms with E-state index in [1.165, 1.54) is 0 Å². The van der Waals surface area contributed by atoms with E-state index in [4.69, 9.17) is 5.73 Å². The van der Waals surface area contributed by atoms with E-state index in [0.717, 1.165) is 16.3 Å². The topological polar surface area (TPSA) is 97.1 Å². The first-order chi connectivity index (χ1) is 13.6. The van der Waals surface area contributed by atoms with Gasteiger partial charge >= 0.3 is 6.03 Å². The molecule has 1 aromatic heterocycles. The van der Waals surface area contributed by atoms with Crippen LogP contribution in [0, 0.1) is 0 Å². The molecule has 3 amide bonds. The van der Waals surface area contributed by atoms with Gasteiger partial charge < -0.3 is 16.4 Å². The number of anilines is 1. The fraction of sp³-hybridized carbons (Fsp3) is 0.0952. The van der Waals surface area contributed by atoms with Crippen LogP contribution in [0.5, 0.6) is 0 Å². The number of primary amides is 1. The summed E-state index contributed by atoms with van der Waals surface area (Å²) < 4.78 is 0. The van der Waals surface area contributed by atoms with Crippen LogP contribution < -0.4 is 16.4 Å². The van der Waals surface area contributed by atoms with Gasteiger partial charge in [0.25, 0.3) is 0 Å². The summed E-state index contributed by atoms with van der Waals surface area (Å²) in [6.45, 7) is 0. The van der Waals surface area contributed by atoms with Crippen molar-refractivity contribution < 1.29 is 9.59 Å². The maximum atomic E-state index is 12.3. The van der Waals surface area contributed by atoms with Crippen molar-refractivity contribution in [1.29, 1.82) is 0 Å². The number of nitrogens with one attached hydrogen (secondary N) is 2. The van der Waals surface area contributed by atoms with Gasteiger partial charge in [0.2, 0.25) is 5.91 Å². The average Bonchev–Trinajstić information content (AvgIpc) is 2.72. The van der Waals surface area contributed by atoms with Crippen LogP contribution in [0.1, 0.15) is 17.2 Å². The van der Waals surface area contributed by atoms with Gasteiger partial charge in [0, 0.05) is 17.6 Å². The highest BCUT2D eigenvalue weighted by molar-refractivity contribution is 7.98. The quantitative estimate of drug-likeness (QED) is 0.534. The van der Waals surface area contributed by atoms with E-state index in [9.17, 15) is 9.59 Å². The highest BCUT2D eigenvalue weighted by Crippen LogP contribution is 2.22. The van der Waals surface area contributed by atoms with E-state index < -0.39 is 18.0 Å². The van der Waals surface area contributed by atoms with Crippen LogP contribution in [0.2, 0.25) is 0 Å². The van der Waals surface area contributed by atoms with Crippen molar-refractivity contribution in [2.75, 3.05) is 5.32 Å². The Morgan fingerprint density at radius 2 is 1.79 bits per heavy atom. The number of nitrogens with two attached hydrogens (primary N) is 1. The van der Waals surface area contributed by atoms with Crippen LogP contribution >= 0.6 is 11.8 Å². The number of nitrogens with zero attached hydrogens (tertiary/aromatic N) is 1. The predicted molar refractivity (Wildman–Crippen MR) is 111 cm³/mol. The van der Waals surface area contributed by atoms with Crippen LogP contribution in [-0.4, -0.2) is 16.9 Å². The summed E-state index contributed by atoms with van der Waals surface area (Å²) in [5.41, 5.74) is 7.75. The van der Waals surface area contributed by atoms with Gasteiger partial charge in [-0.05, 0) is 35.4 Å². The molecule has 0 spiro atoms. The van der Waals surface area contributed by atoms with E-state index >= 15 is 0 Å². The third-order valence-electron chi connectivity index (χ3n) is 3.90. The second-order valence-corrected chi connectivity index (χ2v) is 7.00. The first kappa shape index (κ1) is 19.4. The highest BCUT2D eigenvalue weighted by Gasteiger charge is 2.19. The van der Waals surface area contributed by atoms with E-state index in [2.05, 4.69) is 15.6 Å². The lowest BCUT2D eigenvalue weighted by Gasteiger charge is -2.16. The molecule has 142 valence electrons. The number of hydrogen-bond acceptors (Lipinski definition) is 4. The third kappa shape index (κ3) is 5.59. The summed E-state index contributed by atoms with van der Waals surface area (Å²) in [6.07, 6.45) is 1.76. The molecular weight excluding hydrogens is 372 g/mol. The Bertz CT molecular complexity index is 935. The van der Waals surface area contributed by atoms with Crippen molar-refractivity contribution in [2.45, 2.75) is 16.8 Å². The van der Waals surface area contributed by atoms with E-state index in [0.29, 0.717) is 11.3 Å². The minimum atomic E-state index is -0.899. The van der Waals surface area contributed by atoms with Crippen molar-refractivity contribution in [1.82, 2.24) is 10.3 Å². The predicted octanol–water partition coefficient (Wildman–Crippen LogP) is 3.72.